The number of rotatable bonds is 4. The molecule has 1 N–H and O–H groups in total. The van der Waals surface area contributed by atoms with Crippen molar-refractivity contribution in [2.75, 3.05) is 25.9 Å². The topological polar surface area (TPSA) is 27.6 Å². The van der Waals surface area contributed by atoms with Crippen molar-refractivity contribution in [1.29, 1.82) is 0 Å². The number of hydrogen-bond acceptors (Lipinski definition) is 3. The predicted molar refractivity (Wildman–Crippen MR) is 92.1 cm³/mol. The van der Waals surface area contributed by atoms with Crippen molar-refractivity contribution in [3.8, 4) is 0 Å². The minimum Gasteiger partial charge on any atom is -0.361 e. The van der Waals surface area contributed by atoms with Crippen LogP contribution in [-0.2, 0) is 6.42 Å². The SMILES string of the molecule is CN1CCCCC1CN=C1NC(Cc2ccccc2)CS1. The van der Waals surface area contributed by atoms with Crippen molar-refractivity contribution in [3.05, 3.63) is 35.9 Å². The van der Waals surface area contributed by atoms with E-state index in [9.17, 15) is 0 Å². The van der Waals surface area contributed by atoms with Crippen molar-refractivity contribution in [2.24, 2.45) is 4.99 Å². The van der Waals surface area contributed by atoms with Gasteiger partial charge in [-0.2, -0.15) is 0 Å². The second-order valence-electron chi connectivity index (χ2n) is 6.12. The molecule has 0 aliphatic carbocycles. The van der Waals surface area contributed by atoms with Gasteiger partial charge in [0.15, 0.2) is 5.17 Å². The molecule has 0 amide bonds. The van der Waals surface area contributed by atoms with Gasteiger partial charge in [0.25, 0.3) is 0 Å². The first kappa shape index (κ1) is 14.9. The number of piperidine rings is 1. The molecule has 2 atom stereocenters. The van der Waals surface area contributed by atoms with E-state index < -0.39 is 0 Å². The lowest BCUT2D eigenvalue weighted by Gasteiger charge is -2.31. The molecule has 1 aromatic carbocycles. The smallest absolute Gasteiger partial charge is 0.156 e. The van der Waals surface area contributed by atoms with Crippen LogP contribution in [-0.4, -0.2) is 48.0 Å². The molecular formula is C17H25N3S. The third kappa shape index (κ3) is 4.24. The van der Waals surface area contributed by atoms with Crippen molar-refractivity contribution >= 4 is 16.9 Å². The Kier molecular flexibility index (Phi) is 5.20. The van der Waals surface area contributed by atoms with Crippen LogP contribution in [0.3, 0.4) is 0 Å². The van der Waals surface area contributed by atoms with Crippen molar-refractivity contribution in [1.82, 2.24) is 10.2 Å². The first-order valence-electron chi connectivity index (χ1n) is 7.99. The molecule has 2 unspecified atom stereocenters. The minimum absolute atomic E-state index is 0.528. The molecule has 0 radical (unpaired) electrons. The van der Waals surface area contributed by atoms with E-state index in [-0.39, 0.29) is 0 Å². The van der Waals surface area contributed by atoms with Gasteiger partial charge in [0.05, 0.1) is 6.54 Å². The Hall–Kier alpha value is -1.00. The van der Waals surface area contributed by atoms with Crippen LogP contribution in [0, 0.1) is 0 Å². The maximum absolute atomic E-state index is 4.82. The van der Waals surface area contributed by atoms with Gasteiger partial charge in [-0.3, -0.25) is 4.99 Å². The summed E-state index contributed by atoms with van der Waals surface area (Å²) in [5.41, 5.74) is 1.41. The third-order valence-corrected chi connectivity index (χ3v) is 5.53. The van der Waals surface area contributed by atoms with E-state index in [4.69, 9.17) is 4.99 Å². The first-order valence-corrected chi connectivity index (χ1v) is 8.98. The van der Waals surface area contributed by atoms with Crippen LogP contribution in [0.25, 0.3) is 0 Å². The van der Waals surface area contributed by atoms with Gasteiger partial charge in [-0.05, 0) is 38.4 Å². The van der Waals surface area contributed by atoms with Gasteiger partial charge < -0.3 is 10.2 Å². The van der Waals surface area contributed by atoms with Crippen LogP contribution >= 0.6 is 11.8 Å². The van der Waals surface area contributed by atoms with Crippen molar-refractivity contribution in [2.45, 2.75) is 37.8 Å². The Balaban J connectivity index is 1.48. The fourth-order valence-electron chi connectivity index (χ4n) is 3.10. The predicted octanol–water partition coefficient (Wildman–Crippen LogP) is 2.77. The second-order valence-corrected chi connectivity index (χ2v) is 7.13. The van der Waals surface area contributed by atoms with E-state index in [0.29, 0.717) is 12.1 Å². The summed E-state index contributed by atoms with van der Waals surface area (Å²) in [5, 5.41) is 4.74. The van der Waals surface area contributed by atoms with Gasteiger partial charge in [-0.15, -0.1) is 0 Å². The molecule has 2 fully saturated rings. The summed E-state index contributed by atoms with van der Waals surface area (Å²) in [5.74, 6) is 1.13. The van der Waals surface area contributed by atoms with Crippen LogP contribution in [0.5, 0.6) is 0 Å². The number of thioether (sulfide) groups is 1. The van der Waals surface area contributed by atoms with Gasteiger partial charge in [0.1, 0.15) is 0 Å². The zero-order valence-electron chi connectivity index (χ0n) is 12.8. The summed E-state index contributed by atoms with van der Waals surface area (Å²) in [6.07, 6.45) is 5.09. The Morgan fingerprint density at radius 1 is 1.29 bits per heavy atom. The number of aliphatic imine (C=N–C) groups is 1. The highest BCUT2D eigenvalue weighted by Gasteiger charge is 2.22. The lowest BCUT2D eigenvalue weighted by atomic mass is 10.0. The standard InChI is InChI=1S/C17H25N3S/c1-20-10-6-5-9-16(20)12-18-17-19-15(13-21-17)11-14-7-3-2-4-8-14/h2-4,7-8,15-16H,5-6,9-13H2,1H3,(H,18,19). The maximum atomic E-state index is 4.82. The molecule has 2 heterocycles. The average molecular weight is 303 g/mol. The fourth-order valence-corrected chi connectivity index (χ4v) is 4.08. The van der Waals surface area contributed by atoms with Gasteiger partial charge in [0.2, 0.25) is 0 Å². The summed E-state index contributed by atoms with van der Waals surface area (Å²) in [6.45, 7) is 2.18. The summed E-state index contributed by atoms with van der Waals surface area (Å²) >= 11 is 1.88. The lowest BCUT2D eigenvalue weighted by molar-refractivity contribution is 0.191. The number of likely N-dealkylation sites (N-methyl/N-ethyl adjacent to an activating group) is 1. The van der Waals surface area contributed by atoms with E-state index in [2.05, 4.69) is 47.6 Å². The normalized spacial score (nSPS) is 28.7. The number of nitrogens with zero attached hydrogens (tertiary/aromatic N) is 2. The highest BCUT2D eigenvalue weighted by molar-refractivity contribution is 8.14. The molecule has 3 rings (SSSR count). The van der Waals surface area contributed by atoms with Gasteiger partial charge in [0, 0.05) is 17.8 Å². The van der Waals surface area contributed by atoms with Gasteiger partial charge in [-0.1, -0.05) is 48.5 Å². The average Bonchev–Trinajstić information content (AvgIpc) is 2.95. The summed E-state index contributed by atoms with van der Waals surface area (Å²) in [6, 6.07) is 11.9. The van der Waals surface area contributed by atoms with Crippen LogP contribution < -0.4 is 5.32 Å². The zero-order chi connectivity index (χ0) is 14.5. The molecular weight excluding hydrogens is 278 g/mol. The van der Waals surface area contributed by atoms with Crippen LogP contribution in [0.15, 0.2) is 35.3 Å². The van der Waals surface area contributed by atoms with Crippen molar-refractivity contribution in [3.63, 3.8) is 0 Å². The summed E-state index contributed by atoms with van der Waals surface area (Å²) < 4.78 is 0. The largest absolute Gasteiger partial charge is 0.361 e. The van der Waals surface area contributed by atoms with E-state index in [1.807, 2.05) is 11.8 Å². The molecule has 2 aliphatic rings. The van der Waals surface area contributed by atoms with E-state index in [1.165, 1.54) is 31.4 Å². The van der Waals surface area contributed by atoms with E-state index >= 15 is 0 Å². The molecule has 2 aliphatic heterocycles. The van der Waals surface area contributed by atoms with Gasteiger partial charge in [-0.25, -0.2) is 0 Å². The fraction of sp³-hybridized carbons (Fsp3) is 0.588. The van der Waals surface area contributed by atoms with E-state index in [0.717, 1.165) is 23.9 Å². The number of benzene rings is 1. The maximum Gasteiger partial charge on any atom is 0.156 e. The summed E-state index contributed by atoms with van der Waals surface area (Å²) in [4.78, 5) is 7.28. The molecule has 114 valence electrons. The van der Waals surface area contributed by atoms with Crippen molar-refractivity contribution < 1.29 is 0 Å². The monoisotopic (exact) mass is 303 g/mol. The summed E-state index contributed by atoms with van der Waals surface area (Å²) in [7, 11) is 2.23. The molecule has 2 saturated heterocycles. The number of nitrogens with one attached hydrogen (secondary N) is 1. The van der Waals surface area contributed by atoms with E-state index in [1.54, 1.807) is 0 Å². The quantitative estimate of drug-likeness (QED) is 0.927. The third-order valence-electron chi connectivity index (χ3n) is 4.44. The van der Waals surface area contributed by atoms with Crippen LogP contribution in [0.2, 0.25) is 0 Å². The van der Waals surface area contributed by atoms with Crippen LogP contribution in [0.4, 0.5) is 0 Å². The molecule has 0 spiro atoms. The second kappa shape index (κ2) is 7.32. The Morgan fingerprint density at radius 2 is 2.14 bits per heavy atom. The minimum atomic E-state index is 0.528. The molecule has 21 heavy (non-hydrogen) atoms. The molecule has 3 nitrogen and oxygen atoms in total. The molecule has 0 bridgehead atoms. The lowest BCUT2D eigenvalue weighted by Crippen LogP contribution is -2.38. The zero-order valence-corrected chi connectivity index (χ0v) is 13.6. The Morgan fingerprint density at radius 3 is 2.95 bits per heavy atom. The van der Waals surface area contributed by atoms with Gasteiger partial charge >= 0.3 is 0 Å². The first-order chi connectivity index (χ1) is 10.3. The number of hydrogen-bond donors (Lipinski definition) is 1. The number of amidine groups is 1. The Bertz CT molecular complexity index is 474. The number of likely N-dealkylation sites (tertiary alicyclic amines) is 1. The molecule has 0 saturated carbocycles. The molecule has 1 aromatic rings. The Labute approximate surface area is 132 Å². The highest BCUT2D eigenvalue weighted by atomic mass is 32.2. The van der Waals surface area contributed by atoms with Crippen LogP contribution in [0.1, 0.15) is 24.8 Å². The molecule has 4 heteroatoms. The highest BCUT2D eigenvalue weighted by Crippen LogP contribution is 2.19. The molecule has 0 aromatic heterocycles.